The standard InChI is InChI=1S/C14H18ClN3O/c15-14-8-13(4-3-11(14)9-16)18(6-7-19)10-12-2-1-5-17-12/h3-4,8,12,17,19H,1-2,5-7,10H2. The van der Waals surface area contributed by atoms with Crippen molar-refractivity contribution in [3.05, 3.63) is 28.8 Å². The van der Waals surface area contributed by atoms with Crippen molar-refractivity contribution in [3.8, 4) is 6.07 Å². The van der Waals surface area contributed by atoms with Gasteiger partial charge < -0.3 is 15.3 Å². The molecule has 1 unspecified atom stereocenters. The average Bonchev–Trinajstić information content (AvgIpc) is 2.91. The van der Waals surface area contributed by atoms with E-state index in [9.17, 15) is 5.11 Å². The number of hydrogen-bond acceptors (Lipinski definition) is 4. The van der Waals surface area contributed by atoms with Crippen LogP contribution in [0.4, 0.5) is 5.69 Å². The third kappa shape index (κ3) is 3.60. The smallest absolute Gasteiger partial charge is 0.101 e. The van der Waals surface area contributed by atoms with Crippen LogP contribution in [0.1, 0.15) is 18.4 Å². The molecule has 0 spiro atoms. The van der Waals surface area contributed by atoms with Gasteiger partial charge in [-0.25, -0.2) is 0 Å². The Kier molecular flexibility index (Phi) is 5.03. The minimum Gasteiger partial charge on any atom is -0.395 e. The number of nitrogens with one attached hydrogen (secondary N) is 1. The highest BCUT2D eigenvalue weighted by molar-refractivity contribution is 6.32. The van der Waals surface area contributed by atoms with Gasteiger partial charge in [0.25, 0.3) is 0 Å². The number of nitrogens with zero attached hydrogens (tertiary/aromatic N) is 2. The quantitative estimate of drug-likeness (QED) is 0.862. The van der Waals surface area contributed by atoms with Gasteiger partial charge in [0, 0.05) is 24.8 Å². The molecule has 2 N–H and O–H groups in total. The Morgan fingerprint density at radius 2 is 2.37 bits per heavy atom. The Morgan fingerprint density at radius 3 is 2.95 bits per heavy atom. The van der Waals surface area contributed by atoms with E-state index in [1.807, 2.05) is 6.07 Å². The Morgan fingerprint density at radius 1 is 1.53 bits per heavy atom. The molecule has 1 fully saturated rings. The number of benzene rings is 1. The predicted molar refractivity (Wildman–Crippen MR) is 76.5 cm³/mol. The molecular weight excluding hydrogens is 262 g/mol. The van der Waals surface area contributed by atoms with Gasteiger partial charge in [-0.1, -0.05) is 11.6 Å². The number of aliphatic hydroxyl groups is 1. The summed E-state index contributed by atoms with van der Waals surface area (Å²) < 4.78 is 0. The Hall–Kier alpha value is -1.28. The largest absolute Gasteiger partial charge is 0.395 e. The summed E-state index contributed by atoms with van der Waals surface area (Å²) in [5.41, 5.74) is 1.43. The van der Waals surface area contributed by atoms with Crippen LogP contribution < -0.4 is 10.2 Å². The van der Waals surface area contributed by atoms with Crippen molar-refractivity contribution in [2.24, 2.45) is 0 Å². The van der Waals surface area contributed by atoms with Gasteiger partial charge in [0.1, 0.15) is 6.07 Å². The fourth-order valence-corrected chi connectivity index (χ4v) is 2.63. The van der Waals surface area contributed by atoms with Crippen LogP contribution in [0, 0.1) is 11.3 Å². The molecule has 19 heavy (non-hydrogen) atoms. The summed E-state index contributed by atoms with van der Waals surface area (Å²) in [6, 6.07) is 7.92. The van der Waals surface area contributed by atoms with E-state index < -0.39 is 0 Å². The summed E-state index contributed by atoms with van der Waals surface area (Å²) >= 11 is 6.06. The third-order valence-electron chi connectivity index (χ3n) is 3.41. The van der Waals surface area contributed by atoms with Crippen LogP contribution in [0.3, 0.4) is 0 Å². The molecule has 0 aliphatic carbocycles. The van der Waals surface area contributed by atoms with E-state index in [0.717, 1.165) is 25.2 Å². The summed E-state index contributed by atoms with van der Waals surface area (Å²) in [4.78, 5) is 2.11. The minimum atomic E-state index is 0.102. The molecule has 1 aromatic rings. The average molecular weight is 280 g/mol. The van der Waals surface area contributed by atoms with Gasteiger partial charge in [0.15, 0.2) is 0 Å². The van der Waals surface area contributed by atoms with Crippen LogP contribution in [0.5, 0.6) is 0 Å². The van der Waals surface area contributed by atoms with Crippen LogP contribution >= 0.6 is 11.6 Å². The number of aliphatic hydroxyl groups excluding tert-OH is 1. The third-order valence-corrected chi connectivity index (χ3v) is 3.72. The second-order valence-electron chi connectivity index (χ2n) is 4.74. The van der Waals surface area contributed by atoms with E-state index >= 15 is 0 Å². The van der Waals surface area contributed by atoms with E-state index in [-0.39, 0.29) is 6.61 Å². The summed E-state index contributed by atoms with van der Waals surface area (Å²) in [5, 5.41) is 22.0. The van der Waals surface area contributed by atoms with E-state index in [0.29, 0.717) is 23.2 Å². The zero-order valence-electron chi connectivity index (χ0n) is 10.8. The van der Waals surface area contributed by atoms with E-state index in [1.54, 1.807) is 12.1 Å². The summed E-state index contributed by atoms with van der Waals surface area (Å²) in [7, 11) is 0. The number of anilines is 1. The van der Waals surface area contributed by atoms with Crippen LogP contribution in [0.2, 0.25) is 5.02 Å². The van der Waals surface area contributed by atoms with Gasteiger partial charge in [-0.2, -0.15) is 5.26 Å². The van der Waals surface area contributed by atoms with Crippen molar-refractivity contribution < 1.29 is 5.11 Å². The molecule has 0 aromatic heterocycles. The van der Waals surface area contributed by atoms with Gasteiger partial charge in [-0.15, -0.1) is 0 Å². The van der Waals surface area contributed by atoms with E-state index in [2.05, 4.69) is 16.3 Å². The molecule has 0 amide bonds. The fraction of sp³-hybridized carbons (Fsp3) is 0.500. The highest BCUT2D eigenvalue weighted by atomic mass is 35.5. The second-order valence-corrected chi connectivity index (χ2v) is 5.15. The van der Waals surface area contributed by atoms with E-state index in [1.165, 1.54) is 6.42 Å². The first kappa shape index (κ1) is 14.1. The van der Waals surface area contributed by atoms with Gasteiger partial charge >= 0.3 is 0 Å². The minimum absolute atomic E-state index is 0.102. The van der Waals surface area contributed by atoms with Crippen LogP contribution in [-0.2, 0) is 0 Å². The molecule has 1 atom stereocenters. The summed E-state index contributed by atoms with van der Waals surface area (Å²) in [5.74, 6) is 0. The first-order chi connectivity index (χ1) is 9.24. The number of rotatable bonds is 5. The lowest BCUT2D eigenvalue weighted by Gasteiger charge is -2.27. The Labute approximate surface area is 118 Å². The molecule has 1 heterocycles. The first-order valence-corrected chi connectivity index (χ1v) is 6.91. The van der Waals surface area contributed by atoms with Crippen molar-refractivity contribution in [2.45, 2.75) is 18.9 Å². The highest BCUT2D eigenvalue weighted by Gasteiger charge is 2.18. The van der Waals surface area contributed by atoms with Gasteiger partial charge in [-0.3, -0.25) is 0 Å². The van der Waals surface area contributed by atoms with Crippen molar-refractivity contribution in [1.82, 2.24) is 5.32 Å². The molecule has 1 saturated heterocycles. The zero-order valence-corrected chi connectivity index (χ0v) is 11.5. The topological polar surface area (TPSA) is 59.3 Å². The van der Waals surface area contributed by atoms with Crippen LogP contribution in [0.25, 0.3) is 0 Å². The van der Waals surface area contributed by atoms with Crippen molar-refractivity contribution in [1.29, 1.82) is 5.26 Å². The van der Waals surface area contributed by atoms with Gasteiger partial charge in [-0.05, 0) is 37.6 Å². The maximum Gasteiger partial charge on any atom is 0.101 e. The molecule has 2 rings (SSSR count). The van der Waals surface area contributed by atoms with Crippen molar-refractivity contribution in [2.75, 3.05) is 31.1 Å². The lowest BCUT2D eigenvalue weighted by molar-refractivity contribution is 0.300. The molecule has 0 bridgehead atoms. The number of hydrogen-bond donors (Lipinski definition) is 2. The molecule has 1 aromatic carbocycles. The van der Waals surface area contributed by atoms with Crippen molar-refractivity contribution in [3.63, 3.8) is 0 Å². The second kappa shape index (κ2) is 6.76. The number of nitriles is 1. The molecule has 0 saturated carbocycles. The molecule has 1 aliphatic heterocycles. The zero-order chi connectivity index (χ0) is 13.7. The van der Waals surface area contributed by atoms with Crippen LogP contribution in [0.15, 0.2) is 18.2 Å². The maximum atomic E-state index is 9.19. The highest BCUT2D eigenvalue weighted by Crippen LogP contribution is 2.24. The number of halogens is 1. The maximum absolute atomic E-state index is 9.19. The lowest BCUT2D eigenvalue weighted by atomic mass is 10.1. The van der Waals surface area contributed by atoms with Gasteiger partial charge in [0.05, 0.1) is 17.2 Å². The molecule has 4 nitrogen and oxygen atoms in total. The molecule has 0 radical (unpaired) electrons. The normalized spacial score (nSPS) is 18.3. The fourth-order valence-electron chi connectivity index (χ4n) is 2.42. The van der Waals surface area contributed by atoms with Crippen LogP contribution in [-0.4, -0.2) is 37.4 Å². The first-order valence-electron chi connectivity index (χ1n) is 6.53. The van der Waals surface area contributed by atoms with E-state index in [4.69, 9.17) is 16.9 Å². The van der Waals surface area contributed by atoms with Gasteiger partial charge in [0.2, 0.25) is 0 Å². The monoisotopic (exact) mass is 279 g/mol. The molecule has 5 heteroatoms. The van der Waals surface area contributed by atoms with Crippen molar-refractivity contribution >= 4 is 17.3 Å². The molecular formula is C14H18ClN3O. The Balaban J connectivity index is 2.13. The summed E-state index contributed by atoms with van der Waals surface area (Å²) in [6.07, 6.45) is 2.36. The lowest BCUT2D eigenvalue weighted by Crippen LogP contribution is -2.39. The predicted octanol–water partition coefficient (Wildman–Crippen LogP) is 1.76. The Bertz CT molecular complexity index is 466. The SMILES string of the molecule is N#Cc1ccc(N(CCO)CC2CCCN2)cc1Cl. The molecule has 1 aliphatic rings. The summed E-state index contributed by atoms with van der Waals surface area (Å²) in [6.45, 7) is 2.58. The molecule has 102 valence electrons.